The van der Waals surface area contributed by atoms with Gasteiger partial charge in [0.2, 0.25) is 0 Å². The van der Waals surface area contributed by atoms with Crippen molar-refractivity contribution < 1.29 is 4.74 Å². The van der Waals surface area contributed by atoms with Crippen LogP contribution in [0.5, 0.6) is 5.75 Å². The van der Waals surface area contributed by atoms with Crippen LogP contribution in [0.3, 0.4) is 0 Å². The van der Waals surface area contributed by atoms with E-state index < -0.39 is 0 Å². The van der Waals surface area contributed by atoms with Crippen LogP contribution in [0, 0.1) is 0 Å². The molecule has 0 amide bonds. The molecule has 0 radical (unpaired) electrons. The number of methoxy groups -OCH3 is 1. The van der Waals surface area contributed by atoms with Crippen LogP contribution in [0.25, 0.3) is 0 Å². The lowest BCUT2D eigenvalue weighted by Gasteiger charge is -2.14. The van der Waals surface area contributed by atoms with Gasteiger partial charge >= 0.3 is 0 Å². The molecule has 0 saturated carbocycles. The Balaban J connectivity index is 1.57. The van der Waals surface area contributed by atoms with E-state index in [1.54, 1.807) is 18.4 Å². The summed E-state index contributed by atoms with van der Waals surface area (Å²) >= 11 is 7.83. The molecule has 1 aromatic heterocycles. The van der Waals surface area contributed by atoms with Crippen LogP contribution in [0.15, 0.2) is 53.9 Å². The fraction of sp³-hybridized carbons (Fsp3) is 0.211. The van der Waals surface area contributed by atoms with Gasteiger partial charge in [0.15, 0.2) is 5.13 Å². The Bertz CT molecular complexity index is 820. The van der Waals surface area contributed by atoms with E-state index in [2.05, 4.69) is 27.9 Å². The summed E-state index contributed by atoms with van der Waals surface area (Å²) in [6.45, 7) is 2.79. The molecule has 3 aromatic rings. The first kappa shape index (κ1) is 17.7. The van der Waals surface area contributed by atoms with Crippen molar-refractivity contribution in [2.75, 3.05) is 12.4 Å². The summed E-state index contributed by atoms with van der Waals surface area (Å²) in [6.07, 6.45) is 0. The highest BCUT2D eigenvalue weighted by Crippen LogP contribution is 2.25. The fourth-order valence-electron chi connectivity index (χ4n) is 2.44. The lowest BCUT2D eigenvalue weighted by molar-refractivity contribution is 0.415. The smallest absolute Gasteiger partial charge is 0.187 e. The van der Waals surface area contributed by atoms with E-state index in [9.17, 15) is 0 Å². The maximum absolute atomic E-state index is 6.24. The van der Waals surface area contributed by atoms with Gasteiger partial charge in [0.25, 0.3) is 0 Å². The maximum Gasteiger partial charge on any atom is 0.187 e. The maximum atomic E-state index is 6.24. The number of hydrogen-bond donors (Lipinski definition) is 2. The summed E-state index contributed by atoms with van der Waals surface area (Å²) in [5.74, 6) is 0.836. The minimum absolute atomic E-state index is 0.161. The van der Waals surface area contributed by atoms with Crippen LogP contribution in [-0.2, 0) is 6.54 Å². The van der Waals surface area contributed by atoms with Crippen molar-refractivity contribution in [2.45, 2.75) is 19.5 Å². The molecule has 2 N–H and O–H groups in total. The third kappa shape index (κ3) is 4.72. The molecule has 1 heterocycles. The molecule has 0 bridgehead atoms. The molecule has 6 heteroatoms. The van der Waals surface area contributed by atoms with Gasteiger partial charge in [-0.15, -0.1) is 11.3 Å². The Labute approximate surface area is 156 Å². The highest BCUT2D eigenvalue weighted by molar-refractivity contribution is 7.13. The van der Waals surface area contributed by atoms with Crippen LogP contribution in [-0.4, -0.2) is 12.1 Å². The van der Waals surface area contributed by atoms with Crippen LogP contribution in [0.2, 0.25) is 5.02 Å². The molecule has 25 heavy (non-hydrogen) atoms. The summed E-state index contributed by atoms with van der Waals surface area (Å²) in [5.41, 5.74) is 3.08. The van der Waals surface area contributed by atoms with E-state index in [4.69, 9.17) is 16.3 Å². The topological polar surface area (TPSA) is 46.2 Å². The first-order chi connectivity index (χ1) is 12.2. The molecule has 0 fully saturated rings. The Morgan fingerprint density at radius 3 is 2.64 bits per heavy atom. The fourth-order valence-corrected chi connectivity index (χ4v) is 3.47. The number of ether oxygens (including phenoxy) is 1. The zero-order chi connectivity index (χ0) is 17.6. The second-order valence-corrected chi connectivity index (χ2v) is 6.89. The van der Waals surface area contributed by atoms with Crippen molar-refractivity contribution >= 4 is 33.8 Å². The highest BCUT2D eigenvalue weighted by atomic mass is 35.5. The molecular formula is C19H20ClN3OS. The average Bonchev–Trinajstić information content (AvgIpc) is 3.08. The predicted molar refractivity (Wildman–Crippen MR) is 105 cm³/mol. The molecule has 0 saturated heterocycles. The number of nitrogens with zero attached hydrogens (tertiary/aromatic N) is 1. The van der Waals surface area contributed by atoms with Crippen LogP contribution in [0.1, 0.15) is 24.2 Å². The lowest BCUT2D eigenvalue weighted by Crippen LogP contribution is -2.18. The Morgan fingerprint density at radius 2 is 1.92 bits per heavy atom. The second kappa shape index (κ2) is 8.34. The largest absolute Gasteiger partial charge is 0.497 e. The van der Waals surface area contributed by atoms with Gasteiger partial charge < -0.3 is 15.4 Å². The van der Waals surface area contributed by atoms with Gasteiger partial charge in [0.1, 0.15) is 5.75 Å². The van der Waals surface area contributed by atoms with Crippen molar-refractivity contribution in [2.24, 2.45) is 0 Å². The highest BCUT2D eigenvalue weighted by Gasteiger charge is 2.10. The molecule has 0 spiro atoms. The van der Waals surface area contributed by atoms with Gasteiger partial charge in [0, 0.05) is 28.7 Å². The van der Waals surface area contributed by atoms with Crippen LogP contribution >= 0.6 is 22.9 Å². The molecule has 0 aliphatic rings. The van der Waals surface area contributed by atoms with E-state index in [-0.39, 0.29) is 6.04 Å². The lowest BCUT2D eigenvalue weighted by atomic mass is 10.1. The molecule has 0 unspecified atom stereocenters. The zero-order valence-electron chi connectivity index (χ0n) is 14.1. The van der Waals surface area contributed by atoms with Crippen LogP contribution in [0.4, 0.5) is 10.8 Å². The minimum Gasteiger partial charge on any atom is -0.497 e. The molecule has 1 atom stereocenters. The summed E-state index contributed by atoms with van der Waals surface area (Å²) in [7, 11) is 1.66. The van der Waals surface area contributed by atoms with Crippen LogP contribution < -0.4 is 15.4 Å². The van der Waals surface area contributed by atoms with Gasteiger partial charge in [0.05, 0.1) is 12.8 Å². The van der Waals surface area contributed by atoms with E-state index in [1.165, 1.54) is 0 Å². The van der Waals surface area contributed by atoms with Crippen molar-refractivity contribution in [1.82, 2.24) is 10.3 Å². The summed E-state index contributed by atoms with van der Waals surface area (Å²) < 4.78 is 5.16. The Kier molecular flexibility index (Phi) is 5.91. The standard InChI is InChI=1S/C19H20ClN3OS/c1-13(17-5-3-4-6-18(17)20)21-11-15-12-25-19(23-15)22-14-7-9-16(24-2)10-8-14/h3-10,12-13,21H,11H2,1-2H3,(H,22,23)/t13-/m0/s1. The van der Waals surface area contributed by atoms with Crippen molar-refractivity contribution in [3.05, 3.63) is 70.2 Å². The molecule has 4 nitrogen and oxygen atoms in total. The summed E-state index contributed by atoms with van der Waals surface area (Å²) in [6, 6.07) is 15.8. The van der Waals surface area contributed by atoms with Gasteiger partial charge in [-0.05, 0) is 42.8 Å². The average molecular weight is 374 g/mol. The number of anilines is 2. The predicted octanol–water partition coefficient (Wildman–Crippen LogP) is 5.40. The summed E-state index contributed by atoms with van der Waals surface area (Å²) in [4.78, 5) is 4.62. The van der Waals surface area contributed by atoms with Crippen molar-refractivity contribution in [3.63, 3.8) is 0 Å². The third-order valence-electron chi connectivity index (χ3n) is 3.85. The quantitative estimate of drug-likeness (QED) is 0.582. The minimum atomic E-state index is 0.161. The van der Waals surface area contributed by atoms with Gasteiger partial charge in [-0.1, -0.05) is 29.8 Å². The number of rotatable bonds is 7. The molecule has 3 rings (SSSR count). The number of halogens is 1. The third-order valence-corrected chi connectivity index (χ3v) is 5.00. The monoisotopic (exact) mass is 373 g/mol. The van der Waals surface area contributed by atoms with E-state index in [1.807, 2.05) is 48.5 Å². The number of thiazole rings is 1. The molecule has 130 valence electrons. The van der Waals surface area contributed by atoms with E-state index in [0.29, 0.717) is 6.54 Å². The van der Waals surface area contributed by atoms with Crippen molar-refractivity contribution in [1.29, 1.82) is 0 Å². The molecular weight excluding hydrogens is 354 g/mol. The van der Waals surface area contributed by atoms with Crippen molar-refractivity contribution in [3.8, 4) is 5.75 Å². The van der Waals surface area contributed by atoms with Gasteiger partial charge in [-0.25, -0.2) is 4.98 Å². The number of hydrogen-bond acceptors (Lipinski definition) is 5. The Morgan fingerprint density at radius 1 is 1.16 bits per heavy atom. The van der Waals surface area contributed by atoms with E-state index >= 15 is 0 Å². The first-order valence-corrected chi connectivity index (χ1v) is 9.25. The number of nitrogens with one attached hydrogen (secondary N) is 2. The van der Waals surface area contributed by atoms with Gasteiger partial charge in [-0.3, -0.25) is 0 Å². The second-order valence-electron chi connectivity index (χ2n) is 5.62. The zero-order valence-corrected chi connectivity index (χ0v) is 15.7. The summed E-state index contributed by atoms with van der Waals surface area (Å²) in [5, 5.41) is 10.5. The Hall–Kier alpha value is -2.08. The normalized spacial score (nSPS) is 12.0. The molecule has 2 aromatic carbocycles. The SMILES string of the molecule is COc1ccc(Nc2nc(CN[C@@H](C)c3ccccc3Cl)cs2)cc1. The first-order valence-electron chi connectivity index (χ1n) is 7.99. The molecule has 0 aliphatic heterocycles. The molecule has 0 aliphatic carbocycles. The number of benzene rings is 2. The number of aromatic nitrogens is 1. The van der Waals surface area contributed by atoms with Gasteiger partial charge in [-0.2, -0.15) is 0 Å². The van der Waals surface area contributed by atoms with E-state index in [0.717, 1.165) is 32.8 Å².